The van der Waals surface area contributed by atoms with Gasteiger partial charge in [0.15, 0.2) is 11.6 Å². The highest BCUT2D eigenvalue weighted by Crippen LogP contribution is 2.29. The van der Waals surface area contributed by atoms with Crippen LogP contribution in [-0.2, 0) is 0 Å². The number of halogens is 1. The van der Waals surface area contributed by atoms with Gasteiger partial charge in [0.1, 0.15) is 0 Å². The van der Waals surface area contributed by atoms with E-state index in [1.807, 2.05) is 6.07 Å². The third-order valence-electron chi connectivity index (χ3n) is 4.44. The fourth-order valence-corrected chi connectivity index (χ4v) is 2.97. The van der Waals surface area contributed by atoms with Crippen molar-refractivity contribution in [2.24, 2.45) is 11.7 Å². The number of likely N-dealkylation sites (tertiary alicyclic amines) is 1. The number of hydrogen-bond acceptors (Lipinski definition) is 3. The first-order valence-electron chi connectivity index (χ1n) is 7.36. The van der Waals surface area contributed by atoms with E-state index in [4.69, 9.17) is 10.5 Å². The van der Waals surface area contributed by atoms with Crippen LogP contribution in [0, 0.1) is 11.7 Å². The SMILES string of the molecule is COc1ccc(C(C)N2CCCC(C(C)N)C2)cc1F. The summed E-state index contributed by atoms with van der Waals surface area (Å²) in [6.07, 6.45) is 2.35. The normalized spacial score (nSPS) is 23.4. The van der Waals surface area contributed by atoms with Gasteiger partial charge in [0.05, 0.1) is 7.11 Å². The second-order valence-corrected chi connectivity index (χ2v) is 5.83. The highest BCUT2D eigenvalue weighted by Gasteiger charge is 2.26. The number of piperidine rings is 1. The Balaban J connectivity index is 2.10. The van der Waals surface area contributed by atoms with Gasteiger partial charge in [-0.2, -0.15) is 0 Å². The van der Waals surface area contributed by atoms with Crippen LogP contribution in [0.15, 0.2) is 18.2 Å². The topological polar surface area (TPSA) is 38.5 Å². The number of benzene rings is 1. The average molecular weight is 280 g/mol. The van der Waals surface area contributed by atoms with Crippen molar-refractivity contribution in [2.45, 2.75) is 38.8 Å². The van der Waals surface area contributed by atoms with Crippen LogP contribution in [-0.4, -0.2) is 31.1 Å². The predicted octanol–water partition coefficient (Wildman–Crippen LogP) is 2.95. The van der Waals surface area contributed by atoms with Crippen molar-refractivity contribution < 1.29 is 9.13 Å². The molecule has 1 saturated heterocycles. The zero-order chi connectivity index (χ0) is 14.7. The molecule has 0 aromatic heterocycles. The number of hydrogen-bond donors (Lipinski definition) is 1. The lowest BCUT2D eigenvalue weighted by molar-refractivity contribution is 0.121. The van der Waals surface area contributed by atoms with Crippen molar-refractivity contribution in [1.29, 1.82) is 0 Å². The average Bonchev–Trinajstić information content (AvgIpc) is 2.46. The van der Waals surface area contributed by atoms with Crippen molar-refractivity contribution in [1.82, 2.24) is 4.90 Å². The maximum absolute atomic E-state index is 13.8. The Morgan fingerprint density at radius 3 is 2.75 bits per heavy atom. The molecule has 1 aromatic carbocycles. The number of nitrogens with zero attached hydrogens (tertiary/aromatic N) is 1. The number of methoxy groups -OCH3 is 1. The first-order valence-corrected chi connectivity index (χ1v) is 7.36. The van der Waals surface area contributed by atoms with Crippen LogP contribution < -0.4 is 10.5 Å². The van der Waals surface area contributed by atoms with E-state index < -0.39 is 0 Å². The van der Waals surface area contributed by atoms with E-state index in [1.165, 1.54) is 13.5 Å². The summed E-state index contributed by atoms with van der Waals surface area (Å²) in [6.45, 7) is 6.25. The second kappa shape index (κ2) is 6.55. The highest BCUT2D eigenvalue weighted by atomic mass is 19.1. The molecule has 0 radical (unpaired) electrons. The molecule has 0 saturated carbocycles. The van der Waals surface area contributed by atoms with Crippen LogP contribution in [0.5, 0.6) is 5.75 Å². The van der Waals surface area contributed by atoms with Gasteiger partial charge in [-0.1, -0.05) is 6.07 Å². The monoisotopic (exact) mass is 280 g/mol. The van der Waals surface area contributed by atoms with Gasteiger partial charge in [0, 0.05) is 18.6 Å². The van der Waals surface area contributed by atoms with Crippen molar-refractivity contribution >= 4 is 0 Å². The van der Waals surface area contributed by atoms with Crippen molar-refractivity contribution in [3.63, 3.8) is 0 Å². The third-order valence-corrected chi connectivity index (χ3v) is 4.44. The highest BCUT2D eigenvalue weighted by molar-refractivity contribution is 5.30. The Labute approximate surface area is 120 Å². The molecule has 2 rings (SSSR count). The first-order chi connectivity index (χ1) is 9.52. The molecular formula is C16H25FN2O. The smallest absolute Gasteiger partial charge is 0.165 e. The number of ether oxygens (including phenoxy) is 1. The molecular weight excluding hydrogens is 255 g/mol. The van der Waals surface area contributed by atoms with Crippen LogP contribution in [0.25, 0.3) is 0 Å². The van der Waals surface area contributed by atoms with Crippen LogP contribution >= 0.6 is 0 Å². The molecule has 1 aliphatic heterocycles. The summed E-state index contributed by atoms with van der Waals surface area (Å²) in [7, 11) is 1.49. The largest absolute Gasteiger partial charge is 0.494 e. The number of rotatable bonds is 4. The lowest BCUT2D eigenvalue weighted by Gasteiger charge is -2.38. The first kappa shape index (κ1) is 15.3. The minimum Gasteiger partial charge on any atom is -0.494 e. The third kappa shape index (κ3) is 3.30. The van der Waals surface area contributed by atoms with Crippen molar-refractivity contribution in [2.75, 3.05) is 20.2 Å². The lowest BCUT2D eigenvalue weighted by atomic mass is 9.90. The Kier molecular flexibility index (Phi) is 5.00. The standard InChI is InChI=1S/C16H25FN2O/c1-11(18)14-5-4-8-19(10-14)12(2)13-6-7-16(20-3)15(17)9-13/h6-7,9,11-12,14H,4-5,8,10,18H2,1-3H3. The maximum atomic E-state index is 13.8. The van der Waals surface area contributed by atoms with E-state index in [0.29, 0.717) is 11.7 Å². The molecule has 3 nitrogen and oxygen atoms in total. The summed E-state index contributed by atoms with van der Waals surface area (Å²) in [4.78, 5) is 2.40. The van der Waals surface area contributed by atoms with Crippen LogP contribution in [0.1, 0.15) is 38.3 Å². The van der Waals surface area contributed by atoms with E-state index in [2.05, 4.69) is 18.7 Å². The molecule has 0 spiro atoms. The van der Waals surface area contributed by atoms with Gasteiger partial charge in [-0.05, 0) is 56.8 Å². The minimum atomic E-state index is -0.294. The van der Waals surface area contributed by atoms with E-state index in [0.717, 1.165) is 25.1 Å². The summed E-state index contributed by atoms with van der Waals surface area (Å²) >= 11 is 0. The fraction of sp³-hybridized carbons (Fsp3) is 0.625. The van der Waals surface area contributed by atoms with Gasteiger partial charge in [-0.15, -0.1) is 0 Å². The molecule has 1 aromatic rings. The zero-order valence-corrected chi connectivity index (χ0v) is 12.6. The lowest BCUT2D eigenvalue weighted by Crippen LogP contribution is -2.43. The molecule has 112 valence electrons. The summed E-state index contributed by atoms with van der Waals surface area (Å²) < 4.78 is 18.8. The summed E-state index contributed by atoms with van der Waals surface area (Å²) in [5.74, 6) is 0.542. The summed E-state index contributed by atoms with van der Waals surface area (Å²) in [5.41, 5.74) is 7.02. The Bertz CT molecular complexity index is 450. The molecule has 2 N–H and O–H groups in total. The van der Waals surface area contributed by atoms with Gasteiger partial charge >= 0.3 is 0 Å². The van der Waals surface area contributed by atoms with Crippen molar-refractivity contribution in [3.8, 4) is 5.75 Å². The van der Waals surface area contributed by atoms with Crippen molar-refractivity contribution in [3.05, 3.63) is 29.6 Å². The summed E-state index contributed by atoms with van der Waals surface area (Å²) in [6, 6.07) is 5.66. The minimum absolute atomic E-state index is 0.206. The van der Waals surface area contributed by atoms with Crippen LogP contribution in [0.3, 0.4) is 0 Å². The van der Waals surface area contributed by atoms with E-state index >= 15 is 0 Å². The quantitative estimate of drug-likeness (QED) is 0.921. The van der Waals surface area contributed by atoms with Gasteiger partial charge in [-0.25, -0.2) is 4.39 Å². The summed E-state index contributed by atoms with van der Waals surface area (Å²) in [5, 5.41) is 0. The van der Waals surface area contributed by atoms with Gasteiger partial charge in [-0.3, -0.25) is 4.90 Å². The van der Waals surface area contributed by atoms with Crippen LogP contribution in [0.2, 0.25) is 0 Å². The van der Waals surface area contributed by atoms with E-state index in [9.17, 15) is 4.39 Å². The Morgan fingerprint density at radius 1 is 1.40 bits per heavy atom. The predicted molar refractivity (Wildman–Crippen MR) is 79.3 cm³/mol. The molecule has 4 heteroatoms. The van der Waals surface area contributed by atoms with Crippen LogP contribution in [0.4, 0.5) is 4.39 Å². The molecule has 1 fully saturated rings. The Morgan fingerprint density at radius 2 is 2.15 bits per heavy atom. The molecule has 3 unspecified atom stereocenters. The van der Waals surface area contributed by atoms with Gasteiger partial charge < -0.3 is 10.5 Å². The molecule has 0 amide bonds. The molecule has 20 heavy (non-hydrogen) atoms. The zero-order valence-electron chi connectivity index (χ0n) is 12.6. The maximum Gasteiger partial charge on any atom is 0.165 e. The molecule has 0 bridgehead atoms. The molecule has 1 aliphatic rings. The molecule has 1 heterocycles. The molecule has 0 aliphatic carbocycles. The van der Waals surface area contributed by atoms with E-state index in [1.54, 1.807) is 12.1 Å². The van der Waals surface area contributed by atoms with Gasteiger partial charge in [0.2, 0.25) is 0 Å². The Hall–Kier alpha value is -1.13. The van der Waals surface area contributed by atoms with Gasteiger partial charge in [0.25, 0.3) is 0 Å². The van der Waals surface area contributed by atoms with E-state index in [-0.39, 0.29) is 17.9 Å². The molecule has 3 atom stereocenters. The fourth-order valence-electron chi connectivity index (χ4n) is 2.97. The second-order valence-electron chi connectivity index (χ2n) is 5.83. The number of nitrogens with two attached hydrogens (primary N) is 1.